The molecule has 21 heteroatoms. The summed E-state index contributed by atoms with van der Waals surface area (Å²) >= 11 is 6.02. The number of rotatable bonds is 9. The van der Waals surface area contributed by atoms with Crippen molar-refractivity contribution in [1.29, 1.82) is 0 Å². The van der Waals surface area contributed by atoms with Gasteiger partial charge in [0.15, 0.2) is 17.7 Å². The predicted octanol–water partition coefficient (Wildman–Crippen LogP) is 2.29. The molecule has 3 aromatic rings. The number of hydrogen-bond donors (Lipinski definition) is 3. The van der Waals surface area contributed by atoms with Crippen LogP contribution in [0.5, 0.6) is 5.75 Å². The number of aromatic nitrogens is 4. The van der Waals surface area contributed by atoms with E-state index in [1.165, 1.54) is 30.5 Å². The second-order valence-corrected chi connectivity index (χ2v) is 8.81. The van der Waals surface area contributed by atoms with Crippen molar-refractivity contribution < 1.29 is 41.5 Å². The summed E-state index contributed by atoms with van der Waals surface area (Å²) in [5, 5.41) is 19.3. The zero-order valence-electron chi connectivity index (χ0n) is 21.2. The minimum absolute atomic E-state index is 0.00415. The molecule has 1 atom stereocenters. The normalized spacial score (nSPS) is 14.2. The maximum Gasteiger partial charge on any atom is 0.493 e. The first-order chi connectivity index (χ1) is 20.3. The lowest BCUT2D eigenvalue weighted by Gasteiger charge is -2.33. The highest BCUT2D eigenvalue weighted by Gasteiger charge is 2.46. The molecule has 228 valence electrons. The average molecular weight is 633 g/mol. The van der Waals surface area contributed by atoms with Gasteiger partial charge in [0, 0.05) is 12.4 Å². The molecule has 3 N–H and O–H groups in total. The van der Waals surface area contributed by atoms with E-state index in [0.717, 1.165) is 23.5 Å². The number of nitrogens with zero attached hydrogens (tertiary/aromatic N) is 8. The zero-order valence-corrected chi connectivity index (χ0v) is 22.0. The summed E-state index contributed by atoms with van der Waals surface area (Å²) in [6.45, 7) is -2.79. The molecule has 4 heterocycles. The van der Waals surface area contributed by atoms with Gasteiger partial charge in [-0.25, -0.2) is 15.3 Å². The van der Waals surface area contributed by atoms with Gasteiger partial charge in [-0.05, 0) is 24.3 Å². The van der Waals surface area contributed by atoms with Gasteiger partial charge in [-0.15, -0.1) is 5.06 Å². The van der Waals surface area contributed by atoms with Gasteiger partial charge in [0.2, 0.25) is 0 Å². The van der Waals surface area contributed by atoms with E-state index in [4.69, 9.17) is 11.6 Å². The first-order valence-electron chi connectivity index (χ1n) is 11.7. The molecule has 1 aliphatic heterocycles. The van der Waals surface area contributed by atoms with Gasteiger partial charge >= 0.3 is 18.1 Å². The number of hydrazine groups is 1. The number of hydrogen-bond acceptors (Lipinski definition) is 13. The predicted molar refractivity (Wildman–Crippen MR) is 132 cm³/mol. The van der Waals surface area contributed by atoms with E-state index in [1.807, 2.05) is 0 Å². The highest BCUT2D eigenvalue weighted by atomic mass is 35.5. The maximum atomic E-state index is 14.7. The fraction of sp³-hybridized carbons (Fsp3) is 0.273. The first-order valence-corrected chi connectivity index (χ1v) is 12.1. The van der Waals surface area contributed by atoms with E-state index >= 15 is 0 Å². The van der Waals surface area contributed by atoms with Gasteiger partial charge < -0.3 is 15.3 Å². The van der Waals surface area contributed by atoms with E-state index in [-0.39, 0.29) is 17.4 Å². The fourth-order valence-corrected chi connectivity index (χ4v) is 3.75. The number of anilines is 1. The van der Waals surface area contributed by atoms with Crippen LogP contribution in [-0.2, 0) is 26.9 Å². The number of carbonyl (C=O) groups is 2. The Hall–Kier alpha value is -4.98. The molecule has 0 radical (unpaired) electrons. The molecule has 0 saturated heterocycles. The molecule has 3 aromatic heterocycles. The third-order valence-electron chi connectivity index (χ3n) is 5.50. The molecule has 0 saturated carbocycles. The van der Waals surface area contributed by atoms with Gasteiger partial charge in [0.25, 0.3) is 11.5 Å². The van der Waals surface area contributed by atoms with Crippen molar-refractivity contribution in [2.24, 2.45) is 10.3 Å². The Balaban J connectivity index is 1.65. The van der Waals surface area contributed by atoms with Crippen LogP contribution in [0.2, 0.25) is 5.15 Å². The van der Waals surface area contributed by atoms with Crippen LogP contribution in [0.4, 0.5) is 27.8 Å². The smallest absolute Gasteiger partial charge is 0.493 e. The van der Waals surface area contributed by atoms with Crippen molar-refractivity contribution in [2.45, 2.75) is 24.8 Å². The van der Waals surface area contributed by atoms with Crippen molar-refractivity contribution in [3.05, 3.63) is 75.8 Å². The Labute approximate surface area is 241 Å². The summed E-state index contributed by atoms with van der Waals surface area (Å²) in [4.78, 5) is 53.8. The summed E-state index contributed by atoms with van der Waals surface area (Å²) in [5.41, 5.74) is -0.0310. The van der Waals surface area contributed by atoms with Gasteiger partial charge in [-0.3, -0.25) is 24.1 Å². The molecule has 1 unspecified atom stereocenters. The van der Waals surface area contributed by atoms with Crippen molar-refractivity contribution >= 4 is 29.3 Å². The molecule has 0 spiro atoms. The van der Waals surface area contributed by atoms with Crippen LogP contribution >= 0.6 is 11.6 Å². The highest BCUT2D eigenvalue weighted by Crippen LogP contribution is 2.32. The van der Waals surface area contributed by atoms with Crippen LogP contribution in [0.25, 0.3) is 0 Å². The van der Waals surface area contributed by atoms with Crippen LogP contribution in [0.3, 0.4) is 0 Å². The average Bonchev–Trinajstić information content (AvgIpc) is 3.49. The van der Waals surface area contributed by atoms with Crippen LogP contribution in [0.1, 0.15) is 17.6 Å². The minimum atomic E-state index is -5.55. The number of amides is 1. The Morgan fingerprint density at radius 1 is 1.14 bits per heavy atom. The molecule has 1 aliphatic rings. The van der Waals surface area contributed by atoms with Crippen LogP contribution < -0.4 is 16.4 Å². The monoisotopic (exact) mass is 632 g/mol. The topological polar surface area (TPSA) is 180 Å². The van der Waals surface area contributed by atoms with Gasteiger partial charge in [-0.2, -0.15) is 32.1 Å². The van der Waals surface area contributed by atoms with Crippen molar-refractivity contribution in [3.8, 4) is 5.75 Å². The Morgan fingerprint density at radius 3 is 2.51 bits per heavy atom. The first kappa shape index (κ1) is 31.0. The van der Waals surface area contributed by atoms with Gasteiger partial charge in [0.1, 0.15) is 24.1 Å². The zero-order chi connectivity index (χ0) is 31.4. The van der Waals surface area contributed by atoms with Crippen LogP contribution in [0, 0.1) is 0 Å². The van der Waals surface area contributed by atoms with Crippen molar-refractivity contribution in [1.82, 2.24) is 35.1 Å². The third kappa shape index (κ3) is 7.09. The standard InChI is InChI=1S/C22H18ClF5N10O5/c23-14-8-31-17(32-10-21(24,25)16-13(39)5-3-7-30-16)19(41)36(14)9-15(40)38(43-20(42)22(26,27)28)18(37-11-33-34-35-37)12-4-1-2-6-29-12/h1-8,18,39H,9-11H2,(H,31,32)(H,33,35). The largest absolute Gasteiger partial charge is 0.506 e. The molecule has 0 aromatic carbocycles. The molecule has 0 bridgehead atoms. The lowest BCUT2D eigenvalue weighted by Crippen LogP contribution is -2.51. The molecular formula is C22H18ClF5N10O5. The summed E-state index contributed by atoms with van der Waals surface area (Å²) in [6.07, 6.45) is -4.19. The molecule has 4 rings (SSSR count). The van der Waals surface area contributed by atoms with Gasteiger partial charge in [-0.1, -0.05) is 22.9 Å². The third-order valence-corrected chi connectivity index (χ3v) is 5.80. The van der Waals surface area contributed by atoms with E-state index in [1.54, 1.807) is 0 Å². The Morgan fingerprint density at radius 2 is 1.88 bits per heavy atom. The molecule has 0 aliphatic carbocycles. The Bertz CT molecular complexity index is 1570. The summed E-state index contributed by atoms with van der Waals surface area (Å²) in [7, 11) is 0. The number of hydroxylamine groups is 2. The Kier molecular flexibility index (Phi) is 8.99. The van der Waals surface area contributed by atoms with E-state index in [0.29, 0.717) is 4.57 Å². The second kappa shape index (κ2) is 12.5. The molecule has 1 amide bonds. The molecule has 0 fully saturated rings. The van der Waals surface area contributed by atoms with E-state index < -0.39 is 71.2 Å². The number of pyridine rings is 2. The van der Waals surface area contributed by atoms with Crippen molar-refractivity contribution in [2.75, 3.05) is 18.5 Å². The number of carbonyl (C=O) groups excluding carboxylic acids is 2. The van der Waals surface area contributed by atoms with Crippen LogP contribution in [0.15, 0.2) is 64.1 Å². The summed E-state index contributed by atoms with van der Waals surface area (Å²) < 4.78 is 69.4. The number of nitrogens with one attached hydrogen (secondary N) is 2. The van der Waals surface area contributed by atoms with Crippen molar-refractivity contribution in [3.63, 3.8) is 0 Å². The van der Waals surface area contributed by atoms with Crippen LogP contribution in [-0.4, -0.2) is 66.0 Å². The maximum absolute atomic E-state index is 14.7. The summed E-state index contributed by atoms with van der Waals surface area (Å²) in [6, 6.07) is 6.38. The number of aromatic hydroxyl groups is 1. The van der Waals surface area contributed by atoms with Gasteiger partial charge in [0.05, 0.1) is 18.4 Å². The SMILES string of the molecule is O=C(Cn1c(Cl)cnc(NCC(F)(F)c2ncccc2O)c1=O)N(OC(=O)C(F)(F)F)C(c1ccccn1)N1CN=NN1. The van der Waals surface area contributed by atoms with E-state index in [9.17, 15) is 41.4 Å². The quantitative estimate of drug-likeness (QED) is 0.233. The highest BCUT2D eigenvalue weighted by molar-refractivity contribution is 6.29. The second-order valence-electron chi connectivity index (χ2n) is 8.43. The van der Waals surface area contributed by atoms with E-state index in [2.05, 4.69) is 41.0 Å². The molecule has 43 heavy (non-hydrogen) atoms. The number of alkyl halides is 5. The lowest BCUT2D eigenvalue weighted by atomic mass is 10.2. The number of halogens is 6. The molecular weight excluding hydrogens is 615 g/mol. The lowest BCUT2D eigenvalue weighted by molar-refractivity contribution is -0.256. The minimum Gasteiger partial charge on any atom is -0.506 e. The summed E-state index contributed by atoms with van der Waals surface area (Å²) in [5.74, 6) is -9.59. The fourth-order valence-electron chi connectivity index (χ4n) is 3.56. The molecule has 15 nitrogen and oxygen atoms in total.